The molecule has 626 valence electrons. The SMILES string of the molecule is CCCCCCCCCC(=O)N[C@@H](Cc1c[nH]c2ccccc12)C(=O)N[C@H](C(N)=O)C(=O)N[C@@H](CC(=O)O)C(=O)N[C@H](C(=O)NCC(=O)N[C@@H](CCCN)C(=O)NC(C(=O)O)C(=O)O)[C@@H](C)OC(=O)[C@H](CC(=O)c1ccccc1N)NC(=O)[C@@H](NC(=O)[C@@H](CO)NC(=O)CNC(=O)[C@H](CC(=O)O)NC(=O)[C@@H](C)N)[C@H](C)CC(=O)O. The first-order valence-electron chi connectivity index (χ1n) is 35.9. The lowest BCUT2D eigenvalue weighted by molar-refractivity contribution is -0.156. The number of carboxylic acid groups (broad SMARTS) is 5. The van der Waals surface area contributed by atoms with Gasteiger partial charge in [0.1, 0.15) is 54.4 Å². The number of nitrogens with two attached hydrogens (primary N) is 4. The summed E-state index contributed by atoms with van der Waals surface area (Å²) in [5, 5.41) is 83.9. The molecule has 44 heteroatoms. The number of amides is 13. The molecule has 0 saturated carbocycles. The van der Waals surface area contributed by atoms with Gasteiger partial charge in [-0.3, -0.25) is 81.5 Å². The molecular formula is C70H99N17O27. The van der Waals surface area contributed by atoms with Crippen LogP contribution in [-0.4, -0.2) is 253 Å². The zero-order valence-corrected chi connectivity index (χ0v) is 62.7. The Balaban J connectivity index is 2.15. The third kappa shape index (κ3) is 32.7. The third-order valence-corrected chi connectivity index (χ3v) is 17.1. The Labute approximate surface area is 650 Å². The van der Waals surface area contributed by atoms with Crippen molar-refractivity contribution in [2.24, 2.45) is 23.1 Å². The van der Waals surface area contributed by atoms with Crippen molar-refractivity contribution < 1.29 is 131 Å². The van der Waals surface area contributed by atoms with Crippen molar-refractivity contribution >= 4 is 135 Å². The number of benzene rings is 2. The summed E-state index contributed by atoms with van der Waals surface area (Å²) in [6, 6.07) is -10.9. The molecule has 3 aromatic rings. The molecule has 44 nitrogen and oxygen atoms in total. The Morgan fingerprint density at radius 2 is 0.982 bits per heavy atom. The summed E-state index contributed by atoms with van der Waals surface area (Å²) in [5.41, 5.74) is 23.4. The number of aromatic nitrogens is 1. The summed E-state index contributed by atoms with van der Waals surface area (Å²) < 4.78 is 5.62. The van der Waals surface area contributed by atoms with Gasteiger partial charge in [-0.2, -0.15) is 0 Å². The number of nitrogen functional groups attached to an aromatic ring is 1. The largest absolute Gasteiger partial charge is 0.481 e. The lowest BCUT2D eigenvalue weighted by atomic mass is 9.96. The normalized spacial score (nSPS) is 14.1. The summed E-state index contributed by atoms with van der Waals surface area (Å²) in [6.07, 6.45) is -0.177. The zero-order chi connectivity index (χ0) is 85.6. The molecule has 0 spiro atoms. The quantitative estimate of drug-likeness (QED) is 0.00821. The molecule has 0 saturated heterocycles. The molecule has 1 aromatic heterocycles. The summed E-state index contributed by atoms with van der Waals surface area (Å²) in [5.74, 6) is -31.0. The number of rotatable bonds is 53. The number of H-pyrrole nitrogens is 1. The van der Waals surface area contributed by atoms with Gasteiger partial charge in [-0.25, -0.2) is 14.4 Å². The number of carboxylic acids is 5. The number of esters is 1. The van der Waals surface area contributed by atoms with Crippen LogP contribution in [0.3, 0.4) is 0 Å². The number of nitrogens with one attached hydrogen (secondary N) is 13. The van der Waals surface area contributed by atoms with Crippen LogP contribution in [0.1, 0.15) is 134 Å². The number of hydrogen-bond acceptors (Lipinski definition) is 25. The van der Waals surface area contributed by atoms with Crippen LogP contribution in [0.2, 0.25) is 0 Å². The maximum absolute atomic E-state index is 14.8. The van der Waals surface area contributed by atoms with Crippen molar-refractivity contribution in [3.05, 3.63) is 65.9 Å². The molecule has 12 atom stereocenters. The van der Waals surface area contributed by atoms with Crippen molar-refractivity contribution in [3.8, 4) is 0 Å². The molecule has 0 radical (unpaired) electrons. The van der Waals surface area contributed by atoms with Gasteiger partial charge >= 0.3 is 35.8 Å². The molecule has 27 N–H and O–H groups in total. The van der Waals surface area contributed by atoms with Gasteiger partial charge < -0.3 is 127 Å². The molecule has 1 heterocycles. The highest BCUT2D eigenvalue weighted by Gasteiger charge is 2.41. The van der Waals surface area contributed by atoms with E-state index in [1.165, 1.54) is 31.2 Å². The Morgan fingerprint density at radius 3 is 1.55 bits per heavy atom. The minimum absolute atomic E-state index is 0.0443. The fraction of sp³-hybridized carbons (Fsp3) is 0.514. The second kappa shape index (κ2) is 48.1. The molecule has 0 bridgehead atoms. The van der Waals surface area contributed by atoms with Gasteiger partial charge in [-0.1, -0.05) is 82.7 Å². The monoisotopic (exact) mass is 1610 g/mol. The number of primary amides is 1. The van der Waals surface area contributed by atoms with Crippen LogP contribution in [0.4, 0.5) is 5.69 Å². The van der Waals surface area contributed by atoms with Crippen LogP contribution in [-0.2, 0) is 102 Å². The van der Waals surface area contributed by atoms with Gasteiger partial charge in [0.05, 0.1) is 45.0 Å². The van der Waals surface area contributed by atoms with Gasteiger partial charge in [0.25, 0.3) is 5.91 Å². The van der Waals surface area contributed by atoms with E-state index >= 15 is 0 Å². The lowest BCUT2D eigenvalue weighted by Gasteiger charge is -2.30. The minimum Gasteiger partial charge on any atom is -0.481 e. The van der Waals surface area contributed by atoms with Crippen LogP contribution in [0, 0.1) is 5.92 Å². The smallest absolute Gasteiger partial charge is 0.338 e. The first kappa shape index (κ1) is 95.5. The Bertz CT molecular complexity index is 3970. The number of anilines is 1. The molecule has 0 aliphatic heterocycles. The first-order valence-corrected chi connectivity index (χ1v) is 35.9. The van der Waals surface area contributed by atoms with Gasteiger partial charge in [0.2, 0.25) is 76.9 Å². The highest BCUT2D eigenvalue weighted by molar-refractivity contribution is 6.09. The number of aliphatic hydroxyl groups is 1. The number of fused-ring (bicyclic) bond motifs is 1. The van der Waals surface area contributed by atoms with Crippen molar-refractivity contribution in [3.63, 3.8) is 0 Å². The number of unbranched alkanes of at least 4 members (excludes halogenated alkanes) is 6. The standard InChI is InChI=1S/C70H99N17O27/c1-5-6-7-8-9-10-11-22-48(90)79-42(25-36-29-75-40-20-15-13-17-37(36)40)62(103)86-56(58(74)99)67(108)82-44(28-53(97)98)63(104)85-55(65(106)77-31-49(91)78-41(21-16-23-71)61(102)87-57(68(109)110)69(111)112)35(4)114-70(113)45(26-47(89)38-18-12-14-19-39(38)73)83-66(107)54(33(2)24-51(93)94)84-64(105)46(32-88)80-50(92)30-76-60(101)43(27-52(95)96)81-59(100)34(3)72/h12-15,17-20,29,33-35,41-46,54-57,75,88H,5-11,16,21-28,30-32,71-73H2,1-4H3,(H2,74,99)(H,76,101)(H,77,106)(H,78,91)(H,79,90)(H,80,92)(H,81,100)(H,82,108)(H,83,107)(H,84,105)(H,85,104)(H,86,103)(H,87,102)(H,93,94)(H,95,96)(H,97,98)(H,109,110)(H,111,112)/t33-,34-,35-,41+,42+,43+,44+,45+,46-,54+,55+,56-/m1/s1. The lowest BCUT2D eigenvalue weighted by Crippen LogP contribution is -2.63. The summed E-state index contributed by atoms with van der Waals surface area (Å²) in [4.78, 5) is 269. The number of aromatic amines is 1. The van der Waals surface area contributed by atoms with Gasteiger partial charge in [-0.15, -0.1) is 0 Å². The highest BCUT2D eigenvalue weighted by atomic mass is 16.5. The second-order valence-electron chi connectivity index (χ2n) is 26.4. The number of Topliss-reactive ketones (excluding diaryl/α,β-unsaturated/α-hetero) is 1. The van der Waals surface area contributed by atoms with E-state index in [0.717, 1.165) is 46.0 Å². The number of ether oxygens (including phenoxy) is 1. The maximum Gasteiger partial charge on any atom is 0.338 e. The Kier molecular flexibility index (Phi) is 40.3. The van der Waals surface area contributed by atoms with E-state index in [4.69, 9.17) is 27.7 Å². The summed E-state index contributed by atoms with van der Waals surface area (Å²) in [6.45, 7) is 1.42. The molecule has 2 aromatic carbocycles. The van der Waals surface area contributed by atoms with E-state index < -0.39 is 242 Å². The molecule has 13 amide bonds. The van der Waals surface area contributed by atoms with E-state index in [1.54, 1.807) is 35.8 Å². The number of hydrogen-bond donors (Lipinski definition) is 23. The number of aliphatic carboxylic acids is 5. The number of carbonyl (C=O) groups excluding carboxylic acids is 15. The van der Waals surface area contributed by atoms with E-state index in [0.29, 0.717) is 29.3 Å². The molecule has 0 aliphatic rings. The molecule has 0 fully saturated rings. The molecular weight excluding hydrogens is 1510 g/mol. The predicted molar refractivity (Wildman–Crippen MR) is 395 cm³/mol. The number of para-hydroxylation sites is 2. The number of aliphatic hydroxyl groups excluding tert-OH is 1. The second-order valence-corrected chi connectivity index (χ2v) is 26.4. The fourth-order valence-electron chi connectivity index (χ4n) is 11.0. The summed E-state index contributed by atoms with van der Waals surface area (Å²) in [7, 11) is 0. The maximum atomic E-state index is 14.8. The van der Waals surface area contributed by atoms with E-state index in [-0.39, 0.29) is 43.5 Å². The average molecular weight is 1610 g/mol. The van der Waals surface area contributed by atoms with Gasteiger partial charge in [0.15, 0.2) is 11.8 Å². The fourth-order valence-corrected chi connectivity index (χ4v) is 11.0. The van der Waals surface area contributed by atoms with Crippen LogP contribution < -0.4 is 86.7 Å². The minimum atomic E-state index is -2.54. The topological polar surface area (TPSA) is 736 Å². The van der Waals surface area contributed by atoms with E-state index in [1.807, 2.05) is 26.6 Å². The third-order valence-electron chi connectivity index (χ3n) is 17.1. The Morgan fingerprint density at radius 1 is 0.482 bits per heavy atom. The molecule has 114 heavy (non-hydrogen) atoms. The predicted octanol–water partition coefficient (Wildman–Crippen LogP) is -6.49. The van der Waals surface area contributed by atoms with Crippen molar-refractivity contribution in [2.45, 2.75) is 197 Å². The van der Waals surface area contributed by atoms with Crippen LogP contribution in [0.15, 0.2) is 54.7 Å². The number of carbonyl (C=O) groups is 20. The zero-order valence-electron chi connectivity index (χ0n) is 62.7. The van der Waals surface area contributed by atoms with Gasteiger partial charge in [-0.05, 0) is 69.3 Å². The highest BCUT2D eigenvalue weighted by Crippen LogP contribution is 2.21. The van der Waals surface area contributed by atoms with E-state index in [9.17, 15) is 127 Å². The van der Waals surface area contributed by atoms with E-state index in [2.05, 4.69) is 43.8 Å². The van der Waals surface area contributed by atoms with Crippen LogP contribution in [0.5, 0.6) is 0 Å². The molecule has 0 unspecified atom stereocenters. The average Bonchev–Trinajstić information content (AvgIpc) is 1.62. The molecule has 3 rings (SSSR count). The van der Waals surface area contributed by atoms with Crippen LogP contribution in [0.25, 0.3) is 10.9 Å². The summed E-state index contributed by atoms with van der Waals surface area (Å²) >= 11 is 0. The Hall–Kier alpha value is -12.7. The van der Waals surface area contributed by atoms with Gasteiger partial charge in [0, 0.05) is 47.6 Å². The van der Waals surface area contributed by atoms with Crippen molar-refractivity contribution in [1.29, 1.82) is 0 Å². The van der Waals surface area contributed by atoms with Crippen LogP contribution >= 0.6 is 0 Å². The first-order chi connectivity index (χ1) is 53.7. The molecule has 0 aliphatic carbocycles. The number of ketones is 1. The van der Waals surface area contributed by atoms with Crippen molar-refractivity contribution in [2.75, 3.05) is 32.0 Å². The van der Waals surface area contributed by atoms with Crippen molar-refractivity contribution in [1.82, 2.24) is 68.8 Å².